The Morgan fingerprint density at radius 2 is 1.83 bits per heavy atom. The van der Waals surface area contributed by atoms with Gasteiger partial charge in [0, 0.05) is 22.3 Å². The minimum Gasteiger partial charge on any atom is -0.325 e. The highest BCUT2D eigenvalue weighted by Gasteiger charge is 2.15. The first-order valence-corrected chi connectivity index (χ1v) is 8.50. The Bertz CT molecular complexity index is 1100. The lowest BCUT2D eigenvalue weighted by Crippen LogP contribution is -2.36. The molecule has 2 aromatic carbocycles. The van der Waals surface area contributed by atoms with Crippen molar-refractivity contribution in [3.8, 4) is 0 Å². The van der Waals surface area contributed by atoms with Crippen molar-refractivity contribution in [1.29, 1.82) is 0 Å². The number of aromatic nitrogens is 2. The van der Waals surface area contributed by atoms with E-state index in [9.17, 15) is 26.7 Å². The normalized spacial score (nSPS) is 11.6. The molecule has 0 fully saturated rings. The molecule has 3 rings (SSSR count). The molecule has 12 heteroatoms. The van der Waals surface area contributed by atoms with E-state index in [4.69, 9.17) is 11.6 Å². The average molecular weight is 444 g/mol. The molecule has 6 nitrogen and oxygen atoms in total. The van der Waals surface area contributed by atoms with Gasteiger partial charge in [-0.25, -0.2) is 22.0 Å². The van der Waals surface area contributed by atoms with Gasteiger partial charge in [0.2, 0.25) is 5.96 Å². The van der Waals surface area contributed by atoms with E-state index in [1.54, 1.807) is 0 Å². The first kappa shape index (κ1) is 21.2. The van der Waals surface area contributed by atoms with E-state index in [1.165, 1.54) is 6.07 Å². The zero-order valence-corrected chi connectivity index (χ0v) is 15.4. The Balaban J connectivity index is 1.92. The summed E-state index contributed by atoms with van der Waals surface area (Å²) in [6.45, 7) is 0. The SMILES string of the molecule is O=C(NC(=Nc1cc(C(F)F)[nH]n1)Nc1cc(F)cc(Cl)c1)c1ccc(F)c(F)c1. The van der Waals surface area contributed by atoms with Gasteiger partial charge in [-0.3, -0.25) is 15.2 Å². The van der Waals surface area contributed by atoms with Gasteiger partial charge in [-0.05, 0) is 36.4 Å². The minimum absolute atomic E-state index is 0.0311. The van der Waals surface area contributed by atoms with E-state index in [0.29, 0.717) is 6.07 Å². The molecule has 0 atom stereocenters. The summed E-state index contributed by atoms with van der Waals surface area (Å²) in [5, 5.41) is 10.5. The molecule has 3 aromatic rings. The summed E-state index contributed by atoms with van der Waals surface area (Å²) >= 11 is 5.78. The number of hydrogen-bond donors (Lipinski definition) is 3. The molecular formula is C18H11ClF5N5O. The summed E-state index contributed by atoms with van der Waals surface area (Å²) < 4.78 is 65.5. The lowest BCUT2D eigenvalue weighted by molar-refractivity contribution is 0.0976. The molecule has 156 valence electrons. The van der Waals surface area contributed by atoms with E-state index in [2.05, 4.69) is 25.8 Å². The monoisotopic (exact) mass is 443 g/mol. The van der Waals surface area contributed by atoms with Crippen LogP contribution in [0.2, 0.25) is 5.02 Å². The zero-order valence-electron chi connectivity index (χ0n) is 14.7. The summed E-state index contributed by atoms with van der Waals surface area (Å²) in [4.78, 5) is 16.3. The third-order valence-electron chi connectivity index (χ3n) is 3.58. The maximum absolute atomic E-state index is 13.6. The molecule has 0 radical (unpaired) electrons. The molecule has 0 saturated heterocycles. The number of aliphatic imine (C=N–C) groups is 1. The van der Waals surface area contributed by atoms with Crippen molar-refractivity contribution in [2.45, 2.75) is 6.43 Å². The quantitative estimate of drug-likeness (QED) is 0.303. The zero-order chi connectivity index (χ0) is 21.8. The molecule has 0 saturated carbocycles. The smallest absolute Gasteiger partial charge is 0.279 e. The Kier molecular flexibility index (Phi) is 6.31. The lowest BCUT2D eigenvalue weighted by Gasteiger charge is -2.12. The van der Waals surface area contributed by atoms with Crippen LogP contribution < -0.4 is 10.6 Å². The number of amides is 1. The van der Waals surface area contributed by atoms with Crippen molar-refractivity contribution >= 4 is 35.0 Å². The predicted octanol–water partition coefficient (Wildman–Crippen LogP) is 4.95. The molecule has 0 unspecified atom stereocenters. The number of nitrogens with zero attached hydrogens (tertiary/aromatic N) is 2. The van der Waals surface area contributed by atoms with Crippen LogP contribution in [0.1, 0.15) is 22.5 Å². The van der Waals surface area contributed by atoms with Crippen molar-refractivity contribution < 1.29 is 26.7 Å². The third-order valence-corrected chi connectivity index (χ3v) is 3.80. The van der Waals surface area contributed by atoms with Crippen molar-refractivity contribution in [3.05, 3.63) is 76.2 Å². The molecule has 1 amide bonds. The molecule has 1 heterocycles. The van der Waals surface area contributed by atoms with Crippen LogP contribution >= 0.6 is 11.6 Å². The van der Waals surface area contributed by atoms with Crippen LogP contribution in [0, 0.1) is 17.5 Å². The van der Waals surface area contributed by atoms with Crippen LogP contribution in [-0.2, 0) is 0 Å². The standard InChI is InChI=1S/C18H11ClF5N5O/c19-9-4-10(20)6-11(5-9)25-18(26-15-7-14(16(23)24)28-29-15)27-17(30)8-1-2-12(21)13(22)3-8/h1-7,16H,(H3,25,26,27,28,29,30). The number of H-pyrrole nitrogens is 1. The summed E-state index contributed by atoms with van der Waals surface area (Å²) in [5.41, 5.74) is -0.709. The Morgan fingerprint density at radius 1 is 1.07 bits per heavy atom. The molecule has 30 heavy (non-hydrogen) atoms. The second kappa shape index (κ2) is 8.91. The van der Waals surface area contributed by atoms with E-state index < -0.39 is 35.5 Å². The first-order chi connectivity index (χ1) is 14.2. The average Bonchev–Trinajstić information content (AvgIpc) is 3.11. The molecule has 0 bridgehead atoms. The number of carbonyl (C=O) groups is 1. The number of alkyl halides is 2. The lowest BCUT2D eigenvalue weighted by atomic mass is 10.2. The van der Waals surface area contributed by atoms with Gasteiger partial charge in [0.15, 0.2) is 17.5 Å². The van der Waals surface area contributed by atoms with E-state index in [-0.39, 0.29) is 28.1 Å². The number of benzene rings is 2. The number of halogens is 6. The van der Waals surface area contributed by atoms with Crippen LogP contribution in [0.5, 0.6) is 0 Å². The Labute approximate surface area is 170 Å². The van der Waals surface area contributed by atoms with Gasteiger partial charge in [0.1, 0.15) is 11.5 Å². The molecule has 0 aliphatic heterocycles. The number of carbonyl (C=O) groups excluding carboxylic acids is 1. The largest absolute Gasteiger partial charge is 0.325 e. The van der Waals surface area contributed by atoms with Crippen LogP contribution in [0.15, 0.2) is 47.5 Å². The highest BCUT2D eigenvalue weighted by Crippen LogP contribution is 2.21. The molecular weight excluding hydrogens is 433 g/mol. The molecule has 1 aromatic heterocycles. The van der Waals surface area contributed by atoms with Crippen molar-refractivity contribution in [2.24, 2.45) is 4.99 Å². The fourth-order valence-corrected chi connectivity index (χ4v) is 2.50. The number of aromatic amines is 1. The molecule has 0 aliphatic carbocycles. The van der Waals surface area contributed by atoms with Crippen LogP contribution in [0.4, 0.5) is 33.5 Å². The van der Waals surface area contributed by atoms with Crippen molar-refractivity contribution in [1.82, 2.24) is 15.5 Å². The van der Waals surface area contributed by atoms with Gasteiger partial charge < -0.3 is 5.32 Å². The number of nitrogens with one attached hydrogen (secondary N) is 3. The van der Waals surface area contributed by atoms with Crippen LogP contribution in [-0.4, -0.2) is 22.1 Å². The highest BCUT2D eigenvalue weighted by atomic mass is 35.5. The van der Waals surface area contributed by atoms with Gasteiger partial charge in [-0.15, -0.1) is 0 Å². The molecule has 0 aliphatic rings. The fraction of sp³-hybridized carbons (Fsp3) is 0.0556. The summed E-state index contributed by atoms with van der Waals surface area (Å²) in [7, 11) is 0. The van der Waals surface area contributed by atoms with Gasteiger partial charge in [0.25, 0.3) is 12.3 Å². The van der Waals surface area contributed by atoms with Crippen molar-refractivity contribution in [3.63, 3.8) is 0 Å². The predicted molar refractivity (Wildman–Crippen MR) is 99.5 cm³/mol. The van der Waals surface area contributed by atoms with Crippen molar-refractivity contribution in [2.75, 3.05) is 5.32 Å². The van der Waals surface area contributed by atoms with Gasteiger partial charge >= 0.3 is 0 Å². The maximum atomic E-state index is 13.6. The summed E-state index contributed by atoms with van der Waals surface area (Å²) in [5.74, 6) is -4.60. The summed E-state index contributed by atoms with van der Waals surface area (Å²) in [6, 6.07) is 6.72. The van der Waals surface area contributed by atoms with Crippen LogP contribution in [0.25, 0.3) is 0 Å². The van der Waals surface area contributed by atoms with Gasteiger partial charge in [-0.2, -0.15) is 10.1 Å². The van der Waals surface area contributed by atoms with Gasteiger partial charge in [-0.1, -0.05) is 11.6 Å². The number of hydrogen-bond acceptors (Lipinski definition) is 3. The third kappa shape index (κ3) is 5.32. The number of anilines is 1. The van der Waals surface area contributed by atoms with E-state index in [0.717, 1.165) is 30.3 Å². The fourth-order valence-electron chi connectivity index (χ4n) is 2.28. The second-order valence-corrected chi connectivity index (χ2v) is 6.25. The van der Waals surface area contributed by atoms with E-state index >= 15 is 0 Å². The van der Waals surface area contributed by atoms with Gasteiger partial charge in [0.05, 0.1) is 0 Å². The second-order valence-electron chi connectivity index (χ2n) is 5.81. The van der Waals surface area contributed by atoms with E-state index in [1.807, 2.05) is 0 Å². The van der Waals surface area contributed by atoms with Crippen LogP contribution in [0.3, 0.4) is 0 Å². The Morgan fingerprint density at radius 3 is 2.47 bits per heavy atom. The summed E-state index contributed by atoms with van der Waals surface area (Å²) in [6.07, 6.45) is -2.84. The first-order valence-electron chi connectivity index (χ1n) is 8.13. The topological polar surface area (TPSA) is 82.2 Å². The number of rotatable bonds is 4. The minimum atomic E-state index is -2.84. The number of guanidine groups is 1. The molecule has 3 N–H and O–H groups in total. The maximum Gasteiger partial charge on any atom is 0.279 e. The Hall–Kier alpha value is -3.47. The highest BCUT2D eigenvalue weighted by molar-refractivity contribution is 6.31. The molecule has 0 spiro atoms.